The summed E-state index contributed by atoms with van der Waals surface area (Å²) in [5.41, 5.74) is 2.37. The van der Waals surface area contributed by atoms with Crippen LogP contribution in [0.2, 0.25) is 0 Å². The van der Waals surface area contributed by atoms with Crippen molar-refractivity contribution >= 4 is 26.8 Å². The van der Waals surface area contributed by atoms with Crippen molar-refractivity contribution in [3.8, 4) is 11.8 Å². The fourth-order valence-electron chi connectivity index (χ4n) is 3.35. The largest absolute Gasteiger partial charge is 0.348 e. The van der Waals surface area contributed by atoms with E-state index in [9.17, 15) is 22.9 Å². The predicted molar refractivity (Wildman–Crippen MR) is 120 cm³/mol. The van der Waals surface area contributed by atoms with E-state index in [2.05, 4.69) is 15.1 Å². The van der Waals surface area contributed by atoms with Crippen molar-refractivity contribution in [1.29, 1.82) is 5.26 Å². The summed E-state index contributed by atoms with van der Waals surface area (Å²) in [6.07, 6.45) is 1.52. The molecule has 4 rings (SSSR count). The summed E-state index contributed by atoms with van der Waals surface area (Å²) < 4.78 is 40.7. The lowest BCUT2D eigenvalue weighted by atomic mass is 10.1. The highest BCUT2D eigenvalue weighted by Crippen LogP contribution is 2.24. The van der Waals surface area contributed by atoms with Crippen LogP contribution in [0.5, 0.6) is 0 Å². The Morgan fingerprint density at radius 2 is 1.82 bits per heavy atom. The number of amides is 1. The Hall–Kier alpha value is -4.07. The van der Waals surface area contributed by atoms with E-state index >= 15 is 0 Å². The summed E-state index contributed by atoms with van der Waals surface area (Å²) >= 11 is 0. The number of benzene rings is 3. The number of halogens is 1. The molecule has 1 aromatic heterocycles. The minimum Gasteiger partial charge on any atom is -0.348 e. The fourth-order valence-corrected chi connectivity index (χ4v) is 4.08. The minimum atomic E-state index is -3.54. The van der Waals surface area contributed by atoms with Crippen molar-refractivity contribution in [2.75, 3.05) is 7.05 Å². The standard InChI is InChI=1S/C23H18FN5O3S/c1-26-33(31,32)19-8-2-15(3-9-19)13-27-23(30)20-10-16(12-25)11-22-21(20)14-28-29(22)18-6-4-17(24)5-7-18/h2-11,14,26H,13H2,1H3,(H,27,30). The monoisotopic (exact) mass is 463 g/mol. The molecule has 0 aliphatic heterocycles. The molecule has 0 saturated heterocycles. The number of fused-ring (bicyclic) bond motifs is 1. The molecule has 166 valence electrons. The van der Waals surface area contributed by atoms with Crippen LogP contribution in [0.15, 0.2) is 71.8 Å². The van der Waals surface area contributed by atoms with Gasteiger partial charge >= 0.3 is 0 Å². The van der Waals surface area contributed by atoms with Crippen molar-refractivity contribution in [3.63, 3.8) is 0 Å². The van der Waals surface area contributed by atoms with Gasteiger partial charge in [-0.25, -0.2) is 22.2 Å². The van der Waals surface area contributed by atoms with E-state index in [4.69, 9.17) is 0 Å². The first-order valence-corrected chi connectivity index (χ1v) is 11.3. The van der Waals surface area contributed by atoms with Crippen LogP contribution in [0.1, 0.15) is 21.5 Å². The summed E-state index contributed by atoms with van der Waals surface area (Å²) in [5, 5.41) is 17.1. The Kier molecular flexibility index (Phi) is 5.91. The van der Waals surface area contributed by atoms with Gasteiger partial charge in [0.1, 0.15) is 5.82 Å². The molecule has 10 heteroatoms. The van der Waals surface area contributed by atoms with Gasteiger partial charge in [-0.3, -0.25) is 4.79 Å². The Balaban J connectivity index is 1.62. The maximum Gasteiger partial charge on any atom is 0.252 e. The SMILES string of the molecule is CNS(=O)(=O)c1ccc(CNC(=O)c2cc(C#N)cc3c2cnn3-c2ccc(F)cc2)cc1. The highest BCUT2D eigenvalue weighted by molar-refractivity contribution is 7.89. The molecule has 0 saturated carbocycles. The second kappa shape index (κ2) is 8.82. The molecule has 0 aliphatic rings. The molecule has 33 heavy (non-hydrogen) atoms. The van der Waals surface area contributed by atoms with Crippen molar-refractivity contribution < 1.29 is 17.6 Å². The third-order valence-electron chi connectivity index (χ3n) is 5.09. The van der Waals surface area contributed by atoms with Gasteiger partial charge in [0.2, 0.25) is 10.0 Å². The van der Waals surface area contributed by atoms with Crippen molar-refractivity contribution in [2.45, 2.75) is 11.4 Å². The van der Waals surface area contributed by atoms with Crippen molar-refractivity contribution in [3.05, 3.63) is 89.4 Å². The van der Waals surface area contributed by atoms with Gasteiger partial charge in [-0.2, -0.15) is 10.4 Å². The first-order valence-electron chi connectivity index (χ1n) is 9.81. The average molecular weight is 463 g/mol. The van der Waals surface area contributed by atoms with Crippen LogP contribution in [0.3, 0.4) is 0 Å². The lowest BCUT2D eigenvalue weighted by molar-refractivity contribution is 0.0952. The van der Waals surface area contributed by atoms with E-state index in [0.717, 1.165) is 0 Å². The molecule has 0 aliphatic carbocycles. The van der Waals surface area contributed by atoms with Crippen LogP contribution in [-0.2, 0) is 16.6 Å². The molecule has 0 unspecified atom stereocenters. The lowest BCUT2D eigenvalue weighted by Gasteiger charge is -2.09. The topological polar surface area (TPSA) is 117 Å². The summed E-state index contributed by atoms with van der Waals surface area (Å²) in [7, 11) is -2.21. The number of aromatic nitrogens is 2. The van der Waals surface area contributed by atoms with Crippen LogP contribution in [-0.4, -0.2) is 31.2 Å². The van der Waals surface area contributed by atoms with E-state index in [1.807, 2.05) is 6.07 Å². The highest BCUT2D eigenvalue weighted by atomic mass is 32.2. The molecule has 1 heterocycles. The molecule has 3 aromatic carbocycles. The number of rotatable bonds is 6. The zero-order chi connectivity index (χ0) is 23.6. The molecule has 0 fully saturated rings. The average Bonchev–Trinajstić information content (AvgIpc) is 3.26. The Bertz CT molecular complexity index is 1490. The van der Waals surface area contributed by atoms with Gasteiger partial charge in [0.15, 0.2) is 0 Å². The highest BCUT2D eigenvalue weighted by Gasteiger charge is 2.17. The van der Waals surface area contributed by atoms with Crippen molar-refractivity contribution in [2.24, 2.45) is 0 Å². The molecule has 0 bridgehead atoms. The van der Waals surface area contributed by atoms with Crippen LogP contribution < -0.4 is 10.0 Å². The Morgan fingerprint density at radius 3 is 2.45 bits per heavy atom. The molecule has 4 aromatic rings. The number of carbonyl (C=O) groups excluding carboxylic acids is 1. The molecule has 0 atom stereocenters. The molecule has 2 N–H and O–H groups in total. The van der Waals surface area contributed by atoms with E-state index in [0.29, 0.717) is 22.2 Å². The van der Waals surface area contributed by atoms with E-state index in [-0.39, 0.29) is 28.4 Å². The zero-order valence-electron chi connectivity index (χ0n) is 17.4. The minimum absolute atomic E-state index is 0.122. The Morgan fingerprint density at radius 1 is 1.12 bits per heavy atom. The van der Waals surface area contributed by atoms with Gasteiger partial charge < -0.3 is 5.32 Å². The number of carbonyl (C=O) groups is 1. The molecule has 0 radical (unpaired) electrons. The third-order valence-corrected chi connectivity index (χ3v) is 6.52. The number of nitrogens with zero attached hydrogens (tertiary/aromatic N) is 3. The van der Waals surface area contributed by atoms with Crippen LogP contribution in [0.4, 0.5) is 4.39 Å². The van der Waals surface area contributed by atoms with E-state index in [1.165, 1.54) is 48.3 Å². The molecular weight excluding hydrogens is 445 g/mol. The fraction of sp³-hybridized carbons (Fsp3) is 0.0870. The van der Waals surface area contributed by atoms with E-state index in [1.54, 1.807) is 30.3 Å². The van der Waals surface area contributed by atoms with Gasteiger partial charge in [-0.15, -0.1) is 0 Å². The maximum atomic E-state index is 13.3. The van der Waals surface area contributed by atoms with Gasteiger partial charge in [0, 0.05) is 11.9 Å². The smallest absolute Gasteiger partial charge is 0.252 e. The summed E-state index contributed by atoms with van der Waals surface area (Å²) in [6, 6.07) is 17.0. The number of nitrogens with one attached hydrogen (secondary N) is 2. The van der Waals surface area contributed by atoms with Crippen molar-refractivity contribution in [1.82, 2.24) is 19.8 Å². The first kappa shape index (κ1) is 22.1. The summed E-state index contributed by atoms with van der Waals surface area (Å²) in [6.45, 7) is 0.156. The number of hydrogen-bond acceptors (Lipinski definition) is 5. The number of sulfonamides is 1. The zero-order valence-corrected chi connectivity index (χ0v) is 18.2. The summed E-state index contributed by atoms with van der Waals surface area (Å²) in [4.78, 5) is 13.1. The van der Waals surface area contributed by atoms with Gasteiger partial charge in [-0.05, 0) is 61.1 Å². The second-order valence-corrected chi connectivity index (χ2v) is 9.02. The lowest BCUT2D eigenvalue weighted by Crippen LogP contribution is -2.23. The van der Waals surface area contributed by atoms with Gasteiger partial charge in [-0.1, -0.05) is 12.1 Å². The van der Waals surface area contributed by atoms with E-state index < -0.39 is 15.9 Å². The maximum absolute atomic E-state index is 13.3. The Labute approximate surface area is 189 Å². The van der Waals surface area contributed by atoms with Gasteiger partial charge in [0.25, 0.3) is 5.91 Å². The first-order chi connectivity index (χ1) is 15.8. The third kappa shape index (κ3) is 4.45. The van der Waals surface area contributed by atoms with Crippen LogP contribution in [0.25, 0.3) is 16.6 Å². The molecule has 1 amide bonds. The summed E-state index contributed by atoms with van der Waals surface area (Å²) in [5.74, 6) is -0.799. The number of hydrogen-bond donors (Lipinski definition) is 2. The predicted octanol–water partition coefficient (Wildman–Crippen LogP) is 2.87. The van der Waals surface area contributed by atoms with Gasteiger partial charge in [0.05, 0.1) is 39.5 Å². The quantitative estimate of drug-likeness (QED) is 0.456. The number of nitriles is 1. The normalized spacial score (nSPS) is 11.3. The molecular formula is C23H18FN5O3S. The van der Waals surface area contributed by atoms with Crippen LogP contribution >= 0.6 is 0 Å². The second-order valence-electron chi connectivity index (χ2n) is 7.14. The molecule has 0 spiro atoms. The van der Waals surface area contributed by atoms with Crippen LogP contribution in [0, 0.1) is 17.1 Å². The molecule has 8 nitrogen and oxygen atoms in total.